The first-order valence-corrected chi connectivity index (χ1v) is 6.17. The Balaban J connectivity index is 2.56. The van der Waals surface area contributed by atoms with E-state index < -0.39 is 0 Å². The summed E-state index contributed by atoms with van der Waals surface area (Å²) < 4.78 is 0. The molecule has 0 saturated carbocycles. The molecule has 0 aliphatic carbocycles. The van der Waals surface area contributed by atoms with Gasteiger partial charge in [-0.2, -0.15) is 0 Å². The topological polar surface area (TPSA) is 41.8 Å². The molecule has 98 valence electrons. The Hall–Kier alpha value is -2.00. The van der Waals surface area contributed by atoms with Gasteiger partial charge in [0.05, 0.1) is 5.02 Å². The summed E-state index contributed by atoms with van der Waals surface area (Å²) in [5.74, 6) is 0.250. The molecule has 0 heterocycles. The maximum atomic E-state index is 9.58. The molecule has 2 rings (SSSR count). The normalized spacial score (nSPS) is 11.4. The molecule has 3 nitrogen and oxygen atoms in total. The van der Waals surface area contributed by atoms with Gasteiger partial charge < -0.3 is 9.94 Å². The third-order valence-electron chi connectivity index (χ3n) is 2.78. The van der Waals surface area contributed by atoms with Crippen molar-refractivity contribution >= 4 is 17.3 Å². The van der Waals surface area contributed by atoms with E-state index in [0.717, 1.165) is 16.7 Å². The molecular formula is C15H14ClNO2. The molecule has 0 spiro atoms. The summed E-state index contributed by atoms with van der Waals surface area (Å²) in [6.45, 7) is 1.83. The molecule has 0 saturated heterocycles. The van der Waals surface area contributed by atoms with E-state index in [-0.39, 0.29) is 5.75 Å². The van der Waals surface area contributed by atoms with Crippen molar-refractivity contribution in [2.75, 3.05) is 7.11 Å². The molecule has 1 N–H and O–H groups in total. The maximum Gasteiger partial charge on any atom is 0.118 e. The minimum absolute atomic E-state index is 0.250. The largest absolute Gasteiger partial charge is 0.508 e. The Morgan fingerprint density at radius 3 is 2.58 bits per heavy atom. The first kappa shape index (κ1) is 13.4. The van der Waals surface area contributed by atoms with E-state index in [0.29, 0.717) is 10.7 Å². The van der Waals surface area contributed by atoms with E-state index in [4.69, 9.17) is 16.4 Å². The van der Waals surface area contributed by atoms with Gasteiger partial charge in [-0.1, -0.05) is 35.0 Å². The van der Waals surface area contributed by atoms with Crippen LogP contribution in [0.25, 0.3) is 0 Å². The maximum absolute atomic E-state index is 9.58. The van der Waals surface area contributed by atoms with Crippen LogP contribution in [0.3, 0.4) is 0 Å². The van der Waals surface area contributed by atoms with E-state index in [1.165, 1.54) is 7.11 Å². The highest BCUT2D eigenvalue weighted by atomic mass is 35.5. The van der Waals surface area contributed by atoms with Crippen LogP contribution in [0.5, 0.6) is 5.75 Å². The first-order chi connectivity index (χ1) is 9.13. The summed E-state index contributed by atoms with van der Waals surface area (Å²) in [4.78, 5) is 4.90. The van der Waals surface area contributed by atoms with Gasteiger partial charge in [-0.3, -0.25) is 0 Å². The molecule has 0 bridgehead atoms. The number of aromatic hydroxyl groups is 1. The van der Waals surface area contributed by atoms with Crippen LogP contribution in [0.2, 0.25) is 5.02 Å². The van der Waals surface area contributed by atoms with Crippen molar-refractivity contribution in [3.63, 3.8) is 0 Å². The van der Waals surface area contributed by atoms with Gasteiger partial charge in [0.1, 0.15) is 18.6 Å². The SMILES string of the molecule is CO/N=C(/c1ccc(O)c(C)c1)c1ccccc1Cl. The first-order valence-electron chi connectivity index (χ1n) is 5.79. The van der Waals surface area contributed by atoms with Crippen LogP contribution < -0.4 is 0 Å². The van der Waals surface area contributed by atoms with E-state index in [1.54, 1.807) is 18.2 Å². The lowest BCUT2D eigenvalue weighted by Crippen LogP contribution is -2.05. The van der Waals surface area contributed by atoms with Crippen LogP contribution in [0.1, 0.15) is 16.7 Å². The molecule has 19 heavy (non-hydrogen) atoms. The number of phenols is 1. The molecule has 2 aromatic carbocycles. The number of benzene rings is 2. The van der Waals surface area contributed by atoms with Gasteiger partial charge in [0, 0.05) is 11.1 Å². The van der Waals surface area contributed by atoms with E-state index in [2.05, 4.69) is 5.16 Å². The van der Waals surface area contributed by atoms with E-state index >= 15 is 0 Å². The zero-order valence-corrected chi connectivity index (χ0v) is 11.5. The van der Waals surface area contributed by atoms with Crippen LogP contribution in [0.15, 0.2) is 47.6 Å². The molecule has 0 radical (unpaired) electrons. The monoisotopic (exact) mass is 275 g/mol. The molecule has 0 fully saturated rings. The number of hydrogen-bond donors (Lipinski definition) is 1. The average molecular weight is 276 g/mol. The highest BCUT2D eigenvalue weighted by molar-refractivity contribution is 6.35. The molecular weight excluding hydrogens is 262 g/mol. The minimum atomic E-state index is 0.250. The Bertz CT molecular complexity index is 623. The van der Waals surface area contributed by atoms with Gasteiger partial charge in [-0.25, -0.2) is 0 Å². The van der Waals surface area contributed by atoms with E-state index in [1.807, 2.05) is 31.2 Å². The summed E-state index contributed by atoms with van der Waals surface area (Å²) in [7, 11) is 1.49. The van der Waals surface area contributed by atoms with Crippen LogP contribution in [0, 0.1) is 6.92 Å². The highest BCUT2D eigenvalue weighted by Crippen LogP contribution is 2.23. The number of rotatable bonds is 3. The van der Waals surface area contributed by atoms with Crippen molar-refractivity contribution in [3.8, 4) is 5.75 Å². The van der Waals surface area contributed by atoms with Gasteiger partial charge in [0.15, 0.2) is 0 Å². The lowest BCUT2D eigenvalue weighted by molar-refractivity contribution is 0.214. The van der Waals surface area contributed by atoms with Gasteiger partial charge in [-0.15, -0.1) is 0 Å². The Morgan fingerprint density at radius 1 is 1.21 bits per heavy atom. The van der Waals surface area contributed by atoms with Crippen molar-refractivity contribution in [3.05, 3.63) is 64.2 Å². The fourth-order valence-corrected chi connectivity index (χ4v) is 2.03. The second-order valence-corrected chi connectivity index (χ2v) is 4.51. The summed E-state index contributed by atoms with van der Waals surface area (Å²) in [5, 5.41) is 14.2. The third kappa shape index (κ3) is 2.88. The van der Waals surface area contributed by atoms with Crippen LogP contribution in [-0.2, 0) is 4.84 Å². The summed E-state index contributed by atoms with van der Waals surface area (Å²) in [5.41, 5.74) is 3.03. The van der Waals surface area contributed by atoms with Crippen LogP contribution in [-0.4, -0.2) is 17.9 Å². The van der Waals surface area contributed by atoms with Crippen LogP contribution in [0.4, 0.5) is 0 Å². The third-order valence-corrected chi connectivity index (χ3v) is 3.11. The second-order valence-electron chi connectivity index (χ2n) is 4.10. The Labute approximate surface area is 117 Å². The molecule has 0 unspecified atom stereocenters. The zero-order chi connectivity index (χ0) is 13.8. The average Bonchev–Trinajstić information content (AvgIpc) is 2.40. The van der Waals surface area contributed by atoms with Crippen molar-refractivity contribution in [2.45, 2.75) is 6.92 Å². The lowest BCUT2D eigenvalue weighted by Gasteiger charge is -2.09. The Morgan fingerprint density at radius 2 is 1.95 bits per heavy atom. The van der Waals surface area contributed by atoms with E-state index in [9.17, 15) is 5.11 Å². The lowest BCUT2D eigenvalue weighted by atomic mass is 10.0. The summed E-state index contributed by atoms with van der Waals surface area (Å²) in [6, 6.07) is 12.7. The number of aryl methyl sites for hydroxylation is 1. The molecule has 4 heteroatoms. The Kier molecular flexibility index (Phi) is 4.07. The van der Waals surface area contributed by atoms with Gasteiger partial charge in [0.25, 0.3) is 0 Å². The molecule has 0 aromatic heterocycles. The number of halogens is 1. The van der Waals surface area contributed by atoms with Gasteiger partial charge >= 0.3 is 0 Å². The van der Waals surface area contributed by atoms with Crippen LogP contribution >= 0.6 is 11.6 Å². The van der Waals surface area contributed by atoms with Crippen molar-refractivity contribution in [1.82, 2.24) is 0 Å². The molecule has 0 aliphatic heterocycles. The van der Waals surface area contributed by atoms with Crippen molar-refractivity contribution < 1.29 is 9.94 Å². The summed E-state index contributed by atoms with van der Waals surface area (Å²) >= 11 is 6.19. The fourth-order valence-electron chi connectivity index (χ4n) is 1.80. The fraction of sp³-hybridized carbons (Fsp3) is 0.133. The standard InChI is InChI=1S/C15H14ClNO2/c1-10-9-11(7-8-14(10)18)15(17-19-2)12-5-3-4-6-13(12)16/h3-9,18H,1-2H3/b17-15-. The smallest absolute Gasteiger partial charge is 0.118 e. The van der Waals surface area contributed by atoms with Crippen molar-refractivity contribution in [1.29, 1.82) is 0 Å². The molecule has 2 aromatic rings. The number of hydrogen-bond acceptors (Lipinski definition) is 3. The molecule has 0 atom stereocenters. The predicted octanol–water partition coefficient (Wildman–Crippen LogP) is 3.75. The second kappa shape index (κ2) is 5.76. The summed E-state index contributed by atoms with van der Waals surface area (Å²) in [6.07, 6.45) is 0. The minimum Gasteiger partial charge on any atom is -0.508 e. The van der Waals surface area contributed by atoms with Crippen molar-refractivity contribution in [2.24, 2.45) is 5.16 Å². The highest BCUT2D eigenvalue weighted by Gasteiger charge is 2.12. The van der Waals surface area contributed by atoms with Gasteiger partial charge in [-0.05, 0) is 36.8 Å². The number of nitrogens with zero attached hydrogens (tertiary/aromatic N) is 1. The predicted molar refractivity (Wildman–Crippen MR) is 76.9 cm³/mol. The number of phenolic OH excluding ortho intramolecular Hbond substituents is 1. The quantitative estimate of drug-likeness (QED) is 0.685. The molecule has 0 aliphatic rings. The number of oxime groups is 1. The zero-order valence-electron chi connectivity index (χ0n) is 10.7. The van der Waals surface area contributed by atoms with Gasteiger partial charge in [0.2, 0.25) is 0 Å². The molecule has 0 amide bonds.